The van der Waals surface area contributed by atoms with Crippen LogP contribution >= 0.6 is 11.6 Å². The number of halogens is 1. The second-order valence-corrected chi connectivity index (χ2v) is 15.8. The summed E-state index contributed by atoms with van der Waals surface area (Å²) in [6, 6.07) is 13.6. The number of methoxy groups -OCH3 is 1. The molecule has 0 spiro atoms. The number of benzene rings is 2. The van der Waals surface area contributed by atoms with Crippen LogP contribution in [0.3, 0.4) is 0 Å². The standard InChI is InChI=1S/C34H47ClN8O5S/c1-34(2,3)48-31(44)23-41-17-19-43(20-18-41)24-13-15-42(16-14-24)25-11-12-28(30(21-25)47-5)38-33-36-22-26(35)32(39-33)37-27-9-7-8-10-29(27)40(4)49(6,45)46/h7-12,21-22,24H,13-20,23H2,1-6H3,(H2,36,37,38,39). The third-order valence-corrected chi connectivity index (χ3v) is 10.2. The first-order valence-corrected chi connectivity index (χ1v) is 18.6. The molecule has 13 nitrogen and oxygen atoms in total. The van der Waals surface area contributed by atoms with Crippen molar-refractivity contribution >= 4 is 62.1 Å². The minimum Gasteiger partial charge on any atom is -0.494 e. The Kier molecular flexibility index (Phi) is 11.4. The van der Waals surface area contributed by atoms with Gasteiger partial charge in [0, 0.05) is 64.1 Å². The summed E-state index contributed by atoms with van der Waals surface area (Å²) in [4.78, 5) is 28.3. The van der Waals surface area contributed by atoms with Crippen LogP contribution in [-0.2, 0) is 19.6 Å². The molecular weight excluding hydrogens is 668 g/mol. The number of para-hydroxylation sites is 2. The molecule has 0 unspecified atom stereocenters. The first kappa shape index (κ1) is 36.4. The summed E-state index contributed by atoms with van der Waals surface area (Å²) < 4.78 is 36.8. The number of rotatable bonds is 11. The van der Waals surface area contributed by atoms with Gasteiger partial charge >= 0.3 is 5.97 Å². The highest BCUT2D eigenvalue weighted by molar-refractivity contribution is 7.92. The number of carbonyl (C=O) groups is 1. The Morgan fingerprint density at radius 2 is 1.71 bits per heavy atom. The lowest BCUT2D eigenvalue weighted by Crippen LogP contribution is -2.54. The highest BCUT2D eigenvalue weighted by atomic mass is 35.5. The molecule has 0 atom stereocenters. The third kappa shape index (κ3) is 9.65. The quantitative estimate of drug-likeness (QED) is 0.261. The van der Waals surface area contributed by atoms with E-state index in [2.05, 4.69) is 41.4 Å². The smallest absolute Gasteiger partial charge is 0.320 e. The molecule has 15 heteroatoms. The molecule has 2 saturated heterocycles. The molecule has 266 valence electrons. The van der Waals surface area contributed by atoms with E-state index in [1.165, 1.54) is 17.5 Å². The summed E-state index contributed by atoms with van der Waals surface area (Å²) in [6.07, 6.45) is 4.75. The Bertz CT molecular complexity index is 1720. The van der Waals surface area contributed by atoms with Gasteiger partial charge in [-0.1, -0.05) is 23.7 Å². The van der Waals surface area contributed by atoms with Gasteiger partial charge in [-0.2, -0.15) is 4.98 Å². The van der Waals surface area contributed by atoms with Crippen LogP contribution in [0, 0.1) is 0 Å². The number of aromatic nitrogens is 2. The van der Waals surface area contributed by atoms with Gasteiger partial charge in [-0.3, -0.25) is 18.9 Å². The maximum atomic E-state index is 12.3. The number of piperidine rings is 1. The summed E-state index contributed by atoms with van der Waals surface area (Å²) in [5, 5.41) is 6.66. The number of nitrogens with one attached hydrogen (secondary N) is 2. The van der Waals surface area contributed by atoms with Gasteiger partial charge < -0.3 is 25.0 Å². The summed E-state index contributed by atoms with van der Waals surface area (Å²) in [7, 11) is -0.369. The van der Waals surface area contributed by atoms with Crippen molar-refractivity contribution in [1.29, 1.82) is 0 Å². The fourth-order valence-electron chi connectivity index (χ4n) is 6.11. The number of anilines is 6. The minimum absolute atomic E-state index is 0.160. The lowest BCUT2D eigenvalue weighted by molar-refractivity contribution is -0.156. The summed E-state index contributed by atoms with van der Waals surface area (Å²) in [5.41, 5.74) is 2.28. The number of ether oxygens (including phenoxy) is 2. The number of esters is 1. The van der Waals surface area contributed by atoms with Gasteiger partial charge in [-0.15, -0.1) is 0 Å². The minimum atomic E-state index is -3.49. The molecule has 2 N–H and O–H groups in total. The van der Waals surface area contributed by atoms with E-state index in [9.17, 15) is 13.2 Å². The molecule has 5 rings (SSSR count). The van der Waals surface area contributed by atoms with Crippen molar-refractivity contribution in [3.63, 3.8) is 0 Å². The van der Waals surface area contributed by atoms with E-state index in [0.717, 1.165) is 64.1 Å². The second-order valence-electron chi connectivity index (χ2n) is 13.4. The average molecular weight is 715 g/mol. The van der Waals surface area contributed by atoms with Crippen LogP contribution in [0.4, 0.5) is 34.5 Å². The maximum Gasteiger partial charge on any atom is 0.320 e. The molecule has 3 heterocycles. The van der Waals surface area contributed by atoms with Crippen molar-refractivity contribution in [1.82, 2.24) is 19.8 Å². The molecular formula is C34H47ClN8O5S. The summed E-state index contributed by atoms with van der Waals surface area (Å²) >= 11 is 6.44. The number of piperazine rings is 1. The van der Waals surface area contributed by atoms with Gasteiger partial charge in [0.05, 0.1) is 43.2 Å². The Morgan fingerprint density at radius 1 is 1.02 bits per heavy atom. The molecule has 2 aromatic carbocycles. The number of carbonyl (C=O) groups excluding carboxylic acids is 1. The van der Waals surface area contributed by atoms with Crippen molar-refractivity contribution in [2.75, 3.05) is 86.1 Å². The number of sulfonamides is 1. The fourth-order valence-corrected chi connectivity index (χ4v) is 6.76. The number of hydrogen-bond acceptors (Lipinski definition) is 12. The third-order valence-electron chi connectivity index (χ3n) is 8.70. The zero-order chi connectivity index (χ0) is 35.3. The molecule has 49 heavy (non-hydrogen) atoms. The van der Waals surface area contributed by atoms with Gasteiger partial charge in [-0.05, 0) is 57.9 Å². The normalized spacial score (nSPS) is 16.7. The van der Waals surface area contributed by atoms with Crippen molar-refractivity contribution in [3.05, 3.63) is 53.7 Å². The SMILES string of the molecule is COc1cc(N2CCC(N3CCN(CC(=O)OC(C)(C)C)CC3)CC2)ccc1Nc1ncc(Cl)c(Nc2ccccc2N(C)S(C)(=O)=O)n1. The lowest BCUT2D eigenvalue weighted by atomic mass is 10.0. The highest BCUT2D eigenvalue weighted by Gasteiger charge is 2.29. The van der Waals surface area contributed by atoms with E-state index < -0.39 is 15.6 Å². The zero-order valence-electron chi connectivity index (χ0n) is 29.1. The molecule has 2 aliphatic rings. The molecule has 1 aromatic heterocycles. The second kappa shape index (κ2) is 15.4. The summed E-state index contributed by atoms with van der Waals surface area (Å²) in [5.74, 6) is 1.09. The van der Waals surface area contributed by atoms with Gasteiger partial charge in [0.2, 0.25) is 16.0 Å². The molecule has 2 aliphatic heterocycles. The summed E-state index contributed by atoms with van der Waals surface area (Å²) in [6.45, 7) is 11.6. The van der Waals surface area contributed by atoms with Crippen molar-refractivity contribution in [2.45, 2.75) is 45.3 Å². The van der Waals surface area contributed by atoms with E-state index in [0.29, 0.717) is 47.2 Å². The molecule has 0 radical (unpaired) electrons. The van der Waals surface area contributed by atoms with Crippen LogP contribution in [0.2, 0.25) is 5.02 Å². The Labute approximate surface area is 294 Å². The van der Waals surface area contributed by atoms with E-state index in [1.807, 2.05) is 32.9 Å². The van der Waals surface area contributed by atoms with E-state index in [1.54, 1.807) is 31.4 Å². The predicted octanol–water partition coefficient (Wildman–Crippen LogP) is 4.95. The largest absolute Gasteiger partial charge is 0.494 e. The topological polar surface area (TPSA) is 132 Å². The predicted molar refractivity (Wildman–Crippen MR) is 195 cm³/mol. The first-order valence-electron chi connectivity index (χ1n) is 16.4. The van der Waals surface area contributed by atoms with Gasteiger partial charge in [0.15, 0.2) is 5.82 Å². The van der Waals surface area contributed by atoms with Crippen LogP contribution in [-0.4, -0.2) is 112 Å². The van der Waals surface area contributed by atoms with Crippen LogP contribution < -0.4 is 24.6 Å². The van der Waals surface area contributed by atoms with Crippen LogP contribution in [0.5, 0.6) is 5.75 Å². The van der Waals surface area contributed by atoms with Crippen molar-refractivity contribution < 1.29 is 22.7 Å². The highest BCUT2D eigenvalue weighted by Crippen LogP contribution is 2.35. The zero-order valence-corrected chi connectivity index (χ0v) is 30.6. The molecule has 0 amide bonds. The van der Waals surface area contributed by atoms with Gasteiger partial charge in [0.1, 0.15) is 16.4 Å². The monoisotopic (exact) mass is 714 g/mol. The van der Waals surface area contributed by atoms with Crippen molar-refractivity contribution in [2.24, 2.45) is 0 Å². The average Bonchev–Trinajstić information content (AvgIpc) is 3.05. The van der Waals surface area contributed by atoms with Gasteiger partial charge in [0.25, 0.3) is 0 Å². The van der Waals surface area contributed by atoms with Crippen molar-refractivity contribution in [3.8, 4) is 5.75 Å². The van der Waals surface area contributed by atoms with Crippen LogP contribution in [0.1, 0.15) is 33.6 Å². The van der Waals surface area contributed by atoms with E-state index >= 15 is 0 Å². The number of nitrogens with zero attached hydrogens (tertiary/aromatic N) is 6. The van der Waals surface area contributed by atoms with E-state index in [-0.39, 0.29) is 11.0 Å². The molecule has 0 saturated carbocycles. The Morgan fingerprint density at radius 3 is 2.37 bits per heavy atom. The molecule has 2 fully saturated rings. The molecule has 3 aromatic rings. The Balaban J connectivity index is 1.18. The Hall–Kier alpha value is -3.85. The maximum absolute atomic E-state index is 12.3. The van der Waals surface area contributed by atoms with E-state index in [4.69, 9.17) is 21.1 Å². The molecule has 0 bridgehead atoms. The first-order chi connectivity index (χ1) is 23.2. The molecule has 0 aliphatic carbocycles. The van der Waals surface area contributed by atoms with Crippen LogP contribution in [0.15, 0.2) is 48.7 Å². The van der Waals surface area contributed by atoms with Gasteiger partial charge in [-0.25, -0.2) is 13.4 Å². The fraction of sp³-hybridized carbons (Fsp3) is 0.500. The van der Waals surface area contributed by atoms with Crippen LogP contribution in [0.25, 0.3) is 0 Å². The number of hydrogen-bond donors (Lipinski definition) is 2. The lowest BCUT2D eigenvalue weighted by Gasteiger charge is -2.43.